The van der Waals surface area contributed by atoms with Crippen LogP contribution in [0.1, 0.15) is 23.6 Å². The fourth-order valence-electron chi connectivity index (χ4n) is 3.15. The van der Waals surface area contributed by atoms with E-state index in [4.69, 9.17) is 9.47 Å². The Kier molecular flexibility index (Phi) is 6.89. The van der Waals surface area contributed by atoms with Crippen molar-refractivity contribution >= 4 is 11.7 Å². The first-order valence-corrected chi connectivity index (χ1v) is 9.50. The van der Waals surface area contributed by atoms with Crippen molar-refractivity contribution in [1.82, 2.24) is 5.32 Å². The molecule has 0 aliphatic carbocycles. The maximum atomic E-state index is 12.8. The summed E-state index contributed by atoms with van der Waals surface area (Å²) in [5.74, 6) is -0.682. The maximum absolute atomic E-state index is 12.8. The van der Waals surface area contributed by atoms with Crippen LogP contribution in [-0.2, 0) is 38.3 Å². The van der Waals surface area contributed by atoms with Crippen LogP contribution in [0.5, 0.6) is 0 Å². The summed E-state index contributed by atoms with van der Waals surface area (Å²) in [6.07, 6.45) is -5.52. The predicted molar refractivity (Wildman–Crippen MR) is 103 cm³/mol. The van der Waals surface area contributed by atoms with E-state index in [1.807, 2.05) is 30.3 Å². The third kappa shape index (κ3) is 5.67. The lowest BCUT2D eigenvalue weighted by molar-refractivity contribution is -0.137. The van der Waals surface area contributed by atoms with Crippen LogP contribution in [0.2, 0.25) is 0 Å². The minimum atomic E-state index is -4.41. The Bertz CT molecular complexity index is 868. The van der Waals surface area contributed by atoms with Crippen LogP contribution in [-0.4, -0.2) is 36.5 Å². The highest BCUT2D eigenvalue weighted by Crippen LogP contribution is 2.29. The Morgan fingerprint density at radius 3 is 2.37 bits per heavy atom. The number of halogens is 3. The second-order valence-corrected chi connectivity index (χ2v) is 7.15. The molecule has 2 aromatic rings. The molecule has 3 atom stereocenters. The number of amides is 1. The highest BCUT2D eigenvalue weighted by Gasteiger charge is 2.35. The van der Waals surface area contributed by atoms with Crippen molar-refractivity contribution in [2.45, 2.75) is 44.4 Å². The van der Waals surface area contributed by atoms with Crippen molar-refractivity contribution < 1.29 is 32.2 Å². The van der Waals surface area contributed by atoms with Gasteiger partial charge in [0.1, 0.15) is 18.8 Å². The molecule has 30 heavy (non-hydrogen) atoms. The van der Waals surface area contributed by atoms with Crippen molar-refractivity contribution in [3.8, 4) is 0 Å². The highest BCUT2D eigenvalue weighted by molar-refractivity contribution is 5.93. The summed E-state index contributed by atoms with van der Waals surface area (Å²) in [5, 5.41) is 2.68. The number of carbonyl (C=O) groups is 2. The molecule has 5 nitrogen and oxygen atoms in total. The van der Waals surface area contributed by atoms with Gasteiger partial charge in [-0.25, -0.2) is 0 Å². The summed E-state index contributed by atoms with van der Waals surface area (Å²) < 4.78 is 49.2. The van der Waals surface area contributed by atoms with E-state index in [1.165, 1.54) is 12.1 Å². The summed E-state index contributed by atoms with van der Waals surface area (Å²) in [5.41, 5.74) is 0.605. The zero-order valence-electron chi connectivity index (χ0n) is 16.3. The quantitative estimate of drug-likeness (QED) is 0.745. The summed E-state index contributed by atoms with van der Waals surface area (Å²) in [7, 11) is 0. The first kappa shape index (κ1) is 22.0. The summed E-state index contributed by atoms with van der Waals surface area (Å²) in [6.45, 7) is 1.60. The SMILES string of the molecule is C[C@@H]1OCC(=O)[C@@H]1NC(=O)C(Cc1ccccc1)OCc1ccc(C(F)(F)F)cc1. The van der Waals surface area contributed by atoms with E-state index in [2.05, 4.69) is 5.32 Å². The van der Waals surface area contributed by atoms with E-state index < -0.39 is 35.9 Å². The molecule has 160 valence electrons. The molecule has 1 aliphatic rings. The van der Waals surface area contributed by atoms with Crippen molar-refractivity contribution in [1.29, 1.82) is 0 Å². The van der Waals surface area contributed by atoms with Gasteiger partial charge in [0.15, 0.2) is 5.78 Å². The molecule has 0 saturated carbocycles. The molecule has 1 aliphatic heterocycles. The van der Waals surface area contributed by atoms with Gasteiger partial charge in [0.2, 0.25) is 5.91 Å². The average Bonchev–Trinajstić information content (AvgIpc) is 3.03. The number of ether oxygens (including phenoxy) is 2. The fourth-order valence-corrected chi connectivity index (χ4v) is 3.15. The summed E-state index contributed by atoms with van der Waals surface area (Å²) in [6, 6.07) is 13.0. The van der Waals surface area contributed by atoms with E-state index in [0.717, 1.165) is 17.7 Å². The van der Waals surface area contributed by atoms with Crippen molar-refractivity contribution in [2.24, 2.45) is 0 Å². The topological polar surface area (TPSA) is 64.6 Å². The van der Waals surface area contributed by atoms with Gasteiger partial charge in [0.25, 0.3) is 0 Å². The van der Waals surface area contributed by atoms with Gasteiger partial charge in [-0.05, 0) is 30.2 Å². The third-order valence-corrected chi connectivity index (χ3v) is 4.89. The predicted octanol–water partition coefficient (Wildman–Crippen LogP) is 3.31. The van der Waals surface area contributed by atoms with Crippen molar-refractivity contribution in [3.63, 3.8) is 0 Å². The van der Waals surface area contributed by atoms with Crippen LogP contribution in [0.3, 0.4) is 0 Å². The standard InChI is InChI=1S/C22H22F3NO4/c1-14-20(18(27)13-29-14)26-21(28)19(11-15-5-3-2-4-6-15)30-12-16-7-9-17(10-8-16)22(23,24)25/h2-10,14,19-20H,11-13H2,1H3,(H,26,28)/t14-,19?,20+/m0/s1. The van der Waals surface area contributed by atoms with E-state index >= 15 is 0 Å². The molecule has 1 amide bonds. The number of ketones is 1. The molecular formula is C22H22F3NO4. The molecule has 3 rings (SSSR count). The number of Topliss-reactive ketones (excluding diaryl/α,β-unsaturated/α-hetero) is 1. The number of hydrogen-bond donors (Lipinski definition) is 1. The lowest BCUT2D eigenvalue weighted by atomic mass is 10.1. The molecule has 1 unspecified atom stereocenters. The first-order chi connectivity index (χ1) is 14.2. The molecule has 1 heterocycles. The van der Waals surface area contributed by atoms with Gasteiger partial charge in [-0.1, -0.05) is 42.5 Å². The lowest BCUT2D eigenvalue weighted by Crippen LogP contribution is -2.49. The van der Waals surface area contributed by atoms with Gasteiger partial charge < -0.3 is 14.8 Å². The molecule has 0 bridgehead atoms. The lowest BCUT2D eigenvalue weighted by Gasteiger charge is -2.21. The van der Waals surface area contributed by atoms with Crippen LogP contribution < -0.4 is 5.32 Å². The minimum Gasteiger partial charge on any atom is -0.368 e. The zero-order valence-corrected chi connectivity index (χ0v) is 16.3. The van der Waals surface area contributed by atoms with Crippen molar-refractivity contribution in [3.05, 3.63) is 71.3 Å². The van der Waals surface area contributed by atoms with Crippen molar-refractivity contribution in [2.75, 3.05) is 6.61 Å². The number of rotatable bonds is 7. The number of hydrogen-bond acceptors (Lipinski definition) is 4. The van der Waals surface area contributed by atoms with Crippen LogP contribution >= 0.6 is 0 Å². The largest absolute Gasteiger partial charge is 0.416 e. The average molecular weight is 421 g/mol. The summed E-state index contributed by atoms with van der Waals surface area (Å²) >= 11 is 0. The first-order valence-electron chi connectivity index (χ1n) is 9.50. The molecule has 0 aromatic heterocycles. The summed E-state index contributed by atoms with van der Waals surface area (Å²) in [4.78, 5) is 24.7. The van der Waals surface area contributed by atoms with E-state index in [9.17, 15) is 22.8 Å². The third-order valence-electron chi connectivity index (χ3n) is 4.89. The maximum Gasteiger partial charge on any atom is 0.416 e. The van der Waals surface area contributed by atoms with Gasteiger partial charge >= 0.3 is 6.18 Å². The van der Waals surface area contributed by atoms with E-state index in [-0.39, 0.29) is 25.4 Å². The second kappa shape index (κ2) is 9.40. The monoisotopic (exact) mass is 421 g/mol. The molecule has 2 aromatic carbocycles. The fraction of sp³-hybridized carbons (Fsp3) is 0.364. The molecule has 1 N–H and O–H groups in total. The Labute approximate surface area is 172 Å². The molecule has 1 fully saturated rings. The second-order valence-electron chi connectivity index (χ2n) is 7.15. The highest BCUT2D eigenvalue weighted by atomic mass is 19.4. The number of benzene rings is 2. The molecule has 0 radical (unpaired) electrons. The van der Waals surface area contributed by atoms with Crippen LogP contribution in [0.15, 0.2) is 54.6 Å². The Balaban J connectivity index is 1.69. The zero-order chi connectivity index (χ0) is 21.7. The van der Waals surface area contributed by atoms with Crippen LogP contribution in [0, 0.1) is 0 Å². The normalized spacial score (nSPS) is 20.2. The number of carbonyl (C=O) groups excluding carboxylic acids is 2. The van der Waals surface area contributed by atoms with Crippen LogP contribution in [0.4, 0.5) is 13.2 Å². The molecule has 1 saturated heterocycles. The minimum absolute atomic E-state index is 0.0479. The van der Waals surface area contributed by atoms with Gasteiger partial charge in [0, 0.05) is 6.42 Å². The van der Waals surface area contributed by atoms with Gasteiger partial charge in [-0.15, -0.1) is 0 Å². The number of nitrogens with one attached hydrogen (secondary N) is 1. The van der Waals surface area contributed by atoms with E-state index in [0.29, 0.717) is 5.56 Å². The Hall–Kier alpha value is -2.71. The van der Waals surface area contributed by atoms with Gasteiger partial charge in [-0.2, -0.15) is 13.2 Å². The van der Waals surface area contributed by atoms with Gasteiger partial charge in [-0.3, -0.25) is 9.59 Å². The Morgan fingerprint density at radius 1 is 1.13 bits per heavy atom. The Morgan fingerprint density at radius 2 is 1.80 bits per heavy atom. The van der Waals surface area contributed by atoms with E-state index in [1.54, 1.807) is 6.92 Å². The molecule has 0 spiro atoms. The molecular weight excluding hydrogens is 399 g/mol. The van der Waals surface area contributed by atoms with Gasteiger partial charge in [0.05, 0.1) is 18.3 Å². The molecule has 8 heteroatoms. The smallest absolute Gasteiger partial charge is 0.368 e. The number of alkyl halides is 3. The van der Waals surface area contributed by atoms with Crippen LogP contribution in [0.25, 0.3) is 0 Å².